The maximum atomic E-state index is 6.20. The molecule has 2 aliphatic carbocycles. The maximum Gasteiger partial charge on any atom is 0.191 e. The van der Waals surface area contributed by atoms with Crippen LogP contribution in [0.1, 0.15) is 43.2 Å². The number of nitrogens with one attached hydrogen (secondary N) is 2. The van der Waals surface area contributed by atoms with Crippen molar-refractivity contribution in [2.75, 3.05) is 33.5 Å². The lowest BCUT2D eigenvalue weighted by Gasteiger charge is -2.63. The third-order valence-corrected chi connectivity index (χ3v) is 7.72. The molecule has 4 aliphatic rings. The first kappa shape index (κ1) is 23.1. The van der Waals surface area contributed by atoms with Gasteiger partial charge in [0.05, 0.1) is 19.3 Å². The van der Waals surface area contributed by atoms with E-state index >= 15 is 0 Å². The minimum absolute atomic E-state index is 0. The summed E-state index contributed by atoms with van der Waals surface area (Å²) in [7, 11) is 1.86. The Balaban J connectivity index is 0.00000231. The number of guanidine groups is 1. The number of hydrogen-bond acceptors (Lipinski definition) is 4. The number of benzene rings is 1. The van der Waals surface area contributed by atoms with Crippen LogP contribution in [0.2, 0.25) is 0 Å². The van der Waals surface area contributed by atoms with E-state index < -0.39 is 0 Å². The average Bonchev–Trinajstić information content (AvgIpc) is 3.37. The van der Waals surface area contributed by atoms with Crippen LogP contribution in [0, 0.1) is 24.2 Å². The molecule has 2 N–H and O–H groups in total. The minimum atomic E-state index is 0. The molecule has 2 saturated carbocycles. The van der Waals surface area contributed by atoms with E-state index in [0.717, 1.165) is 50.1 Å². The lowest BCUT2D eigenvalue weighted by Crippen LogP contribution is -2.72. The van der Waals surface area contributed by atoms with Gasteiger partial charge in [-0.15, -0.1) is 24.0 Å². The van der Waals surface area contributed by atoms with Crippen LogP contribution in [0.4, 0.5) is 0 Å². The van der Waals surface area contributed by atoms with Crippen LogP contribution in [0.15, 0.2) is 23.2 Å². The molecule has 0 bridgehead atoms. The third-order valence-electron chi connectivity index (χ3n) is 7.72. The van der Waals surface area contributed by atoms with Gasteiger partial charge in [-0.25, -0.2) is 0 Å². The number of nitrogens with zero attached hydrogens (tertiary/aromatic N) is 1. The van der Waals surface area contributed by atoms with Gasteiger partial charge in [0.2, 0.25) is 0 Å². The van der Waals surface area contributed by atoms with Crippen molar-refractivity contribution >= 4 is 29.9 Å². The Morgan fingerprint density at radius 1 is 1.26 bits per heavy atom. The zero-order valence-corrected chi connectivity index (χ0v) is 21.0. The number of halogens is 1. The molecule has 4 unspecified atom stereocenters. The van der Waals surface area contributed by atoms with Crippen LogP contribution in [0.25, 0.3) is 0 Å². The van der Waals surface area contributed by atoms with E-state index in [1.165, 1.54) is 31.2 Å². The molecule has 2 heterocycles. The standard InChI is InChI=1S/C24H35N3O3.HI/c1-16-4-5-18(20(12-16)30-15-17-6-10-28-14-17)13-26-23(25-2)27-21-19-7-11-29-22(19)24(21)8-3-9-24;/h4-5,12,17,19,21-22H,3,6-11,13-15H2,1-2H3,(H2,25,26,27);1H. The van der Waals surface area contributed by atoms with Gasteiger partial charge in [-0.05, 0) is 44.2 Å². The lowest BCUT2D eigenvalue weighted by molar-refractivity contribution is -0.171. The molecule has 4 atom stereocenters. The Hall–Kier alpha value is -1.06. The third kappa shape index (κ3) is 4.42. The molecular formula is C24H36IN3O3. The largest absolute Gasteiger partial charge is 0.493 e. The second kappa shape index (κ2) is 9.83. The second-order valence-corrected chi connectivity index (χ2v) is 9.53. The van der Waals surface area contributed by atoms with E-state index in [9.17, 15) is 0 Å². The molecule has 6 nitrogen and oxygen atoms in total. The molecular weight excluding hydrogens is 505 g/mol. The van der Waals surface area contributed by atoms with Crippen molar-refractivity contribution in [3.8, 4) is 5.75 Å². The van der Waals surface area contributed by atoms with Crippen molar-refractivity contribution in [3.63, 3.8) is 0 Å². The van der Waals surface area contributed by atoms with Crippen molar-refractivity contribution in [2.45, 2.75) is 57.7 Å². The van der Waals surface area contributed by atoms with Crippen molar-refractivity contribution in [3.05, 3.63) is 29.3 Å². The first-order valence-corrected chi connectivity index (χ1v) is 11.6. The highest BCUT2D eigenvalue weighted by atomic mass is 127. The quantitative estimate of drug-likeness (QED) is 0.327. The molecule has 172 valence electrons. The van der Waals surface area contributed by atoms with Crippen LogP contribution in [-0.2, 0) is 16.0 Å². The van der Waals surface area contributed by atoms with Crippen molar-refractivity contribution in [1.29, 1.82) is 0 Å². The molecule has 5 rings (SSSR count). The van der Waals surface area contributed by atoms with E-state index in [-0.39, 0.29) is 24.0 Å². The van der Waals surface area contributed by atoms with Crippen molar-refractivity contribution in [2.24, 2.45) is 22.2 Å². The molecule has 1 aromatic rings. The number of ether oxygens (including phenoxy) is 3. The molecule has 31 heavy (non-hydrogen) atoms. The predicted octanol–water partition coefficient (Wildman–Crippen LogP) is 3.65. The fraction of sp³-hybridized carbons (Fsp3) is 0.708. The minimum Gasteiger partial charge on any atom is -0.493 e. The molecule has 0 aromatic heterocycles. The summed E-state index contributed by atoms with van der Waals surface area (Å²) in [5.74, 6) is 2.98. The number of fused-ring (bicyclic) bond motifs is 2. The summed E-state index contributed by atoms with van der Waals surface area (Å²) >= 11 is 0. The number of aryl methyl sites for hydroxylation is 1. The van der Waals surface area contributed by atoms with Crippen LogP contribution in [-0.4, -0.2) is 51.6 Å². The van der Waals surface area contributed by atoms with Crippen molar-refractivity contribution in [1.82, 2.24) is 10.6 Å². The van der Waals surface area contributed by atoms with E-state index in [4.69, 9.17) is 14.2 Å². The monoisotopic (exact) mass is 541 g/mol. The molecule has 1 spiro atoms. The molecule has 4 fully saturated rings. The summed E-state index contributed by atoms with van der Waals surface area (Å²) in [6.45, 7) is 6.10. The van der Waals surface area contributed by atoms with E-state index in [1.54, 1.807) is 0 Å². The Kier molecular flexibility index (Phi) is 7.33. The summed E-state index contributed by atoms with van der Waals surface area (Å²) < 4.78 is 17.7. The molecule has 2 aliphatic heterocycles. The zero-order valence-electron chi connectivity index (χ0n) is 18.7. The zero-order chi connectivity index (χ0) is 20.6. The van der Waals surface area contributed by atoms with Gasteiger partial charge in [0.15, 0.2) is 5.96 Å². The van der Waals surface area contributed by atoms with Gasteiger partial charge in [0.25, 0.3) is 0 Å². The highest BCUT2D eigenvalue weighted by Gasteiger charge is 2.66. The van der Waals surface area contributed by atoms with Gasteiger partial charge in [-0.1, -0.05) is 18.6 Å². The van der Waals surface area contributed by atoms with Gasteiger partial charge in [-0.2, -0.15) is 0 Å². The van der Waals surface area contributed by atoms with Gasteiger partial charge >= 0.3 is 0 Å². The molecule has 0 amide bonds. The van der Waals surface area contributed by atoms with Gasteiger partial charge in [-0.3, -0.25) is 4.99 Å². The van der Waals surface area contributed by atoms with Crippen LogP contribution < -0.4 is 15.4 Å². The number of hydrogen-bond donors (Lipinski definition) is 2. The van der Waals surface area contributed by atoms with E-state index in [2.05, 4.69) is 40.7 Å². The highest BCUT2D eigenvalue weighted by molar-refractivity contribution is 14.0. The Bertz CT molecular complexity index is 792. The lowest BCUT2D eigenvalue weighted by atomic mass is 9.46. The maximum absolute atomic E-state index is 6.20. The predicted molar refractivity (Wildman–Crippen MR) is 132 cm³/mol. The smallest absolute Gasteiger partial charge is 0.191 e. The average molecular weight is 541 g/mol. The van der Waals surface area contributed by atoms with E-state index in [1.807, 2.05) is 7.05 Å². The fourth-order valence-corrected chi connectivity index (χ4v) is 5.84. The van der Waals surface area contributed by atoms with E-state index in [0.29, 0.717) is 35.9 Å². The molecule has 1 aromatic carbocycles. The number of aliphatic imine (C=N–C) groups is 1. The fourth-order valence-electron chi connectivity index (χ4n) is 5.84. The first-order chi connectivity index (χ1) is 14.7. The van der Waals surface area contributed by atoms with Crippen LogP contribution >= 0.6 is 24.0 Å². The Labute approximate surface area is 202 Å². The van der Waals surface area contributed by atoms with Gasteiger partial charge in [0, 0.05) is 55.7 Å². The topological polar surface area (TPSA) is 64.1 Å². The normalized spacial score (nSPS) is 30.7. The van der Waals surface area contributed by atoms with Gasteiger partial charge < -0.3 is 24.8 Å². The summed E-state index contributed by atoms with van der Waals surface area (Å²) in [6.07, 6.45) is 6.62. The summed E-state index contributed by atoms with van der Waals surface area (Å²) in [4.78, 5) is 4.52. The molecule has 0 radical (unpaired) electrons. The first-order valence-electron chi connectivity index (χ1n) is 11.6. The molecule has 2 saturated heterocycles. The van der Waals surface area contributed by atoms with Crippen molar-refractivity contribution < 1.29 is 14.2 Å². The highest BCUT2D eigenvalue weighted by Crippen LogP contribution is 2.62. The summed E-state index contributed by atoms with van der Waals surface area (Å²) in [5.41, 5.74) is 2.73. The molecule has 7 heteroatoms. The van der Waals surface area contributed by atoms with Gasteiger partial charge in [0.1, 0.15) is 5.75 Å². The summed E-state index contributed by atoms with van der Waals surface area (Å²) in [5, 5.41) is 7.28. The Morgan fingerprint density at radius 3 is 2.84 bits per heavy atom. The Morgan fingerprint density at radius 2 is 2.13 bits per heavy atom. The SMILES string of the molecule is CN=C(NCc1ccc(C)cc1OCC1CCOC1)NC1C2CCOC2C12CCC2.I. The van der Waals surface area contributed by atoms with Crippen LogP contribution in [0.3, 0.4) is 0 Å². The summed E-state index contributed by atoms with van der Waals surface area (Å²) in [6, 6.07) is 6.93. The van der Waals surface area contributed by atoms with Crippen LogP contribution in [0.5, 0.6) is 5.75 Å². The number of rotatable bonds is 6. The second-order valence-electron chi connectivity index (χ2n) is 9.53.